The van der Waals surface area contributed by atoms with Gasteiger partial charge >= 0.3 is 0 Å². The van der Waals surface area contributed by atoms with Crippen LogP contribution in [0.25, 0.3) is 11.1 Å². The standard InChI is InChI=1S/C18H19ClN4/c1-11-18(14-5-8-17(21)16(19)9-14)12(2)23(22-11)10-13-3-6-15(20)7-4-13/h3-9H,10,20-21H2,1-2H3. The fraction of sp³-hybridized carbons (Fsp3) is 0.167. The molecule has 5 heteroatoms. The van der Waals surface area contributed by atoms with Gasteiger partial charge in [-0.15, -0.1) is 0 Å². The maximum absolute atomic E-state index is 6.16. The van der Waals surface area contributed by atoms with E-state index in [9.17, 15) is 0 Å². The minimum atomic E-state index is 0.563. The number of anilines is 2. The molecule has 1 aromatic heterocycles. The third-order valence-corrected chi connectivity index (χ3v) is 4.31. The van der Waals surface area contributed by atoms with Crippen molar-refractivity contribution in [2.24, 2.45) is 0 Å². The third kappa shape index (κ3) is 3.03. The van der Waals surface area contributed by atoms with Crippen molar-refractivity contribution in [1.82, 2.24) is 9.78 Å². The van der Waals surface area contributed by atoms with E-state index in [-0.39, 0.29) is 0 Å². The first-order valence-corrected chi connectivity index (χ1v) is 7.77. The number of nitrogens with two attached hydrogens (primary N) is 2. The lowest BCUT2D eigenvalue weighted by Crippen LogP contribution is -2.04. The Morgan fingerprint density at radius 3 is 2.39 bits per heavy atom. The Bertz CT molecular complexity index is 850. The molecule has 1 heterocycles. The average molecular weight is 327 g/mol. The van der Waals surface area contributed by atoms with Gasteiger partial charge in [0.25, 0.3) is 0 Å². The molecule has 0 bridgehead atoms. The quantitative estimate of drug-likeness (QED) is 0.714. The van der Waals surface area contributed by atoms with E-state index in [1.807, 2.05) is 54.1 Å². The fourth-order valence-corrected chi connectivity index (χ4v) is 2.93. The van der Waals surface area contributed by atoms with Gasteiger partial charge in [-0.05, 0) is 49.2 Å². The van der Waals surface area contributed by atoms with Crippen molar-refractivity contribution in [2.45, 2.75) is 20.4 Å². The summed E-state index contributed by atoms with van der Waals surface area (Å²) in [5.41, 5.74) is 18.2. The Morgan fingerprint density at radius 2 is 1.74 bits per heavy atom. The highest BCUT2D eigenvalue weighted by Gasteiger charge is 2.14. The number of nitrogen functional groups attached to an aromatic ring is 2. The summed E-state index contributed by atoms with van der Waals surface area (Å²) in [4.78, 5) is 0. The van der Waals surface area contributed by atoms with Crippen LogP contribution >= 0.6 is 11.6 Å². The van der Waals surface area contributed by atoms with E-state index in [2.05, 4.69) is 12.0 Å². The van der Waals surface area contributed by atoms with E-state index in [1.165, 1.54) is 0 Å². The third-order valence-electron chi connectivity index (χ3n) is 3.98. The molecule has 0 saturated heterocycles. The van der Waals surface area contributed by atoms with Crippen molar-refractivity contribution in [2.75, 3.05) is 11.5 Å². The smallest absolute Gasteiger partial charge is 0.0675 e. The van der Waals surface area contributed by atoms with E-state index in [0.29, 0.717) is 17.3 Å². The number of benzene rings is 2. The van der Waals surface area contributed by atoms with Crippen LogP contribution in [-0.2, 0) is 6.54 Å². The lowest BCUT2D eigenvalue weighted by molar-refractivity contribution is 0.659. The summed E-state index contributed by atoms with van der Waals surface area (Å²) in [6, 6.07) is 13.5. The number of hydrogen-bond acceptors (Lipinski definition) is 3. The topological polar surface area (TPSA) is 69.9 Å². The van der Waals surface area contributed by atoms with E-state index >= 15 is 0 Å². The van der Waals surface area contributed by atoms with Crippen LogP contribution in [0.1, 0.15) is 17.0 Å². The first-order chi connectivity index (χ1) is 11.0. The molecule has 4 nitrogen and oxygen atoms in total. The molecule has 3 aromatic rings. The zero-order valence-electron chi connectivity index (χ0n) is 13.2. The van der Waals surface area contributed by atoms with Crippen LogP contribution in [0.15, 0.2) is 42.5 Å². The summed E-state index contributed by atoms with van der Waals surface area (Å²) < 4.78 is 2.00. The van der Waals surface area contributed by atoms with Crippen molar-refractivity contribution < 1.29 is 0 Å². The van der Waals surface area contributed by atoms with Crippen molar-refractivity contribution >= 4 is 23.0 Å². The second kappa shape index (κ2) is 5.97. The molecule has 0 radical (unpaired) electrons. The number of hydrogen-bond donors (Lipinski definition) is 2. The zero-order valence-corrected chi connectivity index (χ0v) is 13.9. The van der Waals surface area contributed by atoms with Crippen molar-refractivity contribution in [1.29, 1.82) is 0 Å². The molecule has 0 aliphatic rings. The summed E-state index contributed by atoms with van der Waals surface area (Å²) in [5, 5.41) is 5.23. The molecule has 0 aliphatic carbocycles. The van der Waals surface area contributed by atoms with E-state index < -0.39 is 0 Å². The number of aromatic nitrogens is 2. The maximum Gasteiger partial charge on any atom is 0.0675 e. The molecule has 0 atom stereocenters. The molecule has 0 unspecified atom stereocenters. The van der Waals surface area contributed by atoms with Gasteiger partial charge in [-0.2, -0.15) is 5.10 Å². The summed E-state index contributed by atoms with van der Waals surface area (Å²) in [6.07, 6.45) is 0. The van der Waals surface area contributed by atoms with Crippen molar-refractivity contribution in [3.05, 3.63) is 64.4 Å². The van der Waals surface area contributed by atoms with E-state index in [4.69, 9.17) is 23.1 Å². The van der Waals surface area contributed by atoms with E-state index in [0.717, 1.165) is 33.8 Å². The predicted molar refractivity (Wildman–Crippen MR) is 96.5 cm³/mol. The molecule has 2 aromatic carbocycles. The highest BCUT2D eigenvalue weighted by atomic mass is 35.5. The predicted octanol–water partition coefficient (Wildman–Crippen LogP) is 4.03. The molecule has 0 saturated carbocycles. The van der Waals surface area contributed by atoms with Gasteiger partial charge in [-0.1, -0.05) is 29.8 Å². The van der Waals surface area contributed by atoms with Gasteiger partial charge in [-0.25, -0.2) is 0 Å². The Hall–Kier alpha value is -2.46. The van der Waals surface area contributed by atoms with Crippen molar-refractivity contribution in [3.63, 3.8) is 0 Å². The van der Waals surface area contributed by atoms with Crippen LogP contribution in [0.2, 0.25) is 5.02 Å². The number of halogens is 1. The molecular weight excluding hydrogens is 308 g/mol. The fourth-order valence-electron chi connectivity index (χ4n) is 2.75. The molecule has 118 valence electrons. The largest absolute Gasteiger partial charge is 0.399 e. The molecule has 3 rings (SSSR count). The molecule has 0 fully saturated rings. The van der Waals surface area contributed by atoms with Crippen LogP contribution in [0.5, 0.6) is 0 Å². The minimum absolute atomic E-state index is 0.563. The summed E-state index contributed by atoms with van der Waals surface area (Å²) in [7, 11) is 0. The molecular formula is C18H19ClN4. The van der Waals surface area contributed by atoms with Gasteiger partial charge in [0, 0.05) is 16.9 Å². The Kier molecular flexibility index (Phi) is 4.01. The highest BCUT2D eigenvalue weighted by Crippen LogP contribution is 2.31. The Labute approximate surface area is 140 Å². The summed E-state index contributed by atoms with van der Waals surface area (Å²) in [6.45, 7) is 4.78. The van der Waals surface area contributed by atoms with Gasteiger partial charge < -0.3 is 11.5 Å². The van der Waals surface area contributed by atoms with E-state index in [1.54, 1.807) is 0 Å². The van der Waals surface area contributed by atoms with Crippen LogP contribution in [0.4, 0.5) is 11.4 Å². The van der Waals surface area contributed by atoms with Crippen LogP contribution in [-0.4, -0.2) is 9.78 Å². The lowest BCUT2D eigenvalue weighted by Gasteiger charge is -2.07. The zero-order chi connectivity index (χ0) is 16.6. The highest BCUT2D eigenvalue weighted by molar-refractivity contribution is 6.33. The number of rotatable bonds is 3. The van der Waals surface area contributed by atoms with Crippen LogP contribution < -0.4 is 11.5 Å². The summed E-state index contributed by atoms with van der Waals surface area (Å²) >= 11 is 6.16. The van der Waals surface area contributed by atoms with Gasteiger partial charge in [0.1, 0.15) is 0 Å². The Morgan fingerprint density at radius 1 is 1.04 bits per heavy atom. The second-order valence-electron chi connectivity index (χ2n) is 5.68. The molecule has 4 N–H and O–H groups in total. The molecule has 23 heavy (non-hydrogen) atoms. The average Bonchev–Trinajstić information content (AvgIpc) is 2.79. The lowest BCUT2D eigenvalue weighted by atomic mass is 10.0. The monoisotopic (exact) mass is 326 g/mol. The van der Waals surface area contributed by atoms with Gasteiger partial charge in [0.05, 0.1) is 22.9 Å². The first kappa shape index (κ1) is 15.4. The second-order valence-corrected chi connectivity index (χ2v) is 6.09. The summed E-state index contributed by atoms with van der Waals surface area (Å²) in [5.74, 6) is 0. The maximum atomic E-state index is 6.16. The van der Waals surface area contributed by atoms with Gasteiger partial charge in [0.2, 0.25) is 0 Å². The number of nitrogens with zero attached hydrogens (tertiary/aromatic N) is 2. The SMILES string of the molecule is Cc1nn(Cc2ccc(N)cc2)c(C)c1-c1ccc(N)c(Cl)c1. The molecule has 0 amide bonds. The minimum Gasteiger partial charge on any atom is -0.399 e. The normalized spacial score (nSPS) is 10.9. The van der Waals surface area contributed by atoms with Crippen LogP contribution in [0.3, 0.4) is 0 Å². The Balaban J connectivity index is 1.98. The van der Waals surface area contributed by atoms with Crippen LogP contribution in [0, 0.1) is 13.8 Å². The molecule has 0 spiro atoms. The number of aryl methyl sites for hydroxylation is 1. The van der Waals surface area contributed by atoms with Gasteiger partial charge in [-0.3, -0.25) is 4.68 Å². The van der Waals surface area contributed by atoms with Crippen molar-refractivity contribution in [3.8, 4) is 11.1 Å². The first-order valence-electron chi connectivity index (χ1n) is 7.39. The molecule has 0 aliphatic heterocycles. The van der Waals surface area contributed by atoms with Gasteiger partial charge in [0.15, 0.2) is 0 Å².